The maximum absolute atomic E-state index is 13.1. The molecule has 2 aromatic rings. The summed E-state index contributed by atoms with van der Waals surface area (Å²) < 4.78 is 0. The summed E-state index contributed by atoms with van der Waals surface area (Å²) in [7, 11) is 0. The van der Waals surface area contributed by atoms with Crippen molar-refractivity contribution in [3.63, 3.8) is 0 Å². The quantitative estimate of drug-likeness (QED) is 0.376. The number of nitrogens with two attached hydrogens (primary N) is 1. The molecule has 3 atom stereocenters. The first-order valence-electron chi connectivity index (χ1n) is 11.3. The van der Waals surface area contributed by atoms with E-state index >= 15 is 0 Å². The lowest BCUT2D eigenvalue weighted by Crippen LogP contribution is -2.54. The minimum Gasteiger partial charge on any atom is -0.368 e. The number of fused-ring (bicyclic) bond motifs is 1. The van der Waals surface area contributed by atoms with Crippen LogP contribution >= 0.6 is 11.6 Å². The monoisotopic (exact) mass is 473 g/mol. The van der Waals surface area contributed by atoms with Crippen LogP contribution in [0, 0.1) is 11.8 Å². The van der Waals surface area contributed by atoms with Crippen molar-refractivity contribution in [3.05, 3.63) is 35.0 Å². The Balaban J connectivity index is 1.44. The Morgan fingerprint density at radius 2 is 1.88 bits per heavy atom. The lowest BCUT2D eigenvalue weighted by Gasteiger charge is -2.27. The maximum Gasteiger partial charge on any atom is 0.268 e. The maximum atomic E-state index is 13.1. The Morgan fingerprint density at radius 1 is 1.09 bits per heavy atom. The molecule has 0 radical (unpaired) electrons. The van der Waals surface area contributed by atoms with Gasteiger partial charge in [-0.25, -0.2) is 0 Å². The van der Waals surface area contributed by atoms with Gasteiger partial charge >= 0.3 is 0 Å². The highest BCUT2D eigenvalue weighted by molar-refractivity contribution is 6.31. The van der Waals surface area contributed by atoms with Crippen molar-refractivity contribution in [3.8, 4) is 0 Å². The molecule has 1 aromatic heterocycles. The van der Waals surface area contributed by atoms with Crippen LogP contribution in [0.2, 0.25) is 5.02 Å². The van der Waals surface area contributed by atoms with Crippen LogP contribution in [0.25, 0.3) is 10.9 Å². The predicted molar refractivity (Wildman–Crippen MR) is 123 cm³/mol. The summed E-state index contributed by atoms with van der Waals surface area (Å²) in [5, 5.41) is 9.58. The number of primary amides is 1. The molecule has 0 spiro atoms. The van der Waals surface area contributed by atoms with E-state index in [1.165, 1.54) is 0 Å². The number of piperidine rings is 1. The number of nitrogens with one attached hydrogen (secondary N) is 4. The molecule has 9 nitrogen and oxygen atoms in total. The summed E-state index contributed by atoms with van der Waals surface area (Å²) in [6.07, 6.45) is 4.04. The van der Waals surface area contributed by atoms with E-state index in [1.54, 1.807) is 24.3 Å². The molecule has 1 saturated heterocycles. The number of amides is 4. The third-order valence-corrected chi connectivity index (χ3v) is 6.53. The molecule has 176 valence electrons. The zero-order chi connectivity index (χ0) is 23.5. The zero-order valence-corrected chi connectivity index (χ0v) is 18.9. The first kappa shape index (κ1) is 23.1. The van der Waals surface area contributed by atoms with Gasteiger partial charge in [-0.05, 0) is 55.9 Å². The molecule has 2 fully saturated rings. The van der Waals surface area contributed by atoms with Crippen LogP contribution in [-0.4, -0.2) is 47.2 Å². The highest BCUT2D eigenvalue weighted by atomic mass is 35.5. The normalized spacial score (nSPS) is 20.0. The lowest BCUT2D eigenvalue weighted by atomic mass is 9.91. The Bertz CT molecular complexity index is 1080. The second-order valence-electron chi connectivity index (χ2n) is 8.95. The Kier molecular flexibility index (Phi) is 6.88. The largest absolute Gasteiger partial charge is 0.368 e. The second-order valence-corrected chi connectivity index (χ2v) is 9.39. The van der Waals surface area contributed by atoms with Gasteiger partial charge in [0.1, 0.15) is 17.8 Å². The van der Waals surface area contributed by atoms with Crippen molar-refractivity contribution in [2.75, 3.05) is 6.54 Å². The van der Waals surface area contributed by atoms with Gasteiger partial charge in [-0.15, -0.1) is 0 Å². The van der Waals surface area contributed by atoms with Gasteiger partial charge in [0.15, 0.2) is 0 Å². The minimum atomic E-state index is -0.986. The van der Waals surface area contributed by atoms with E-state index in [0.717, 1.165) is 30.2 Å². The van der Waals surface area contributed by atoms with Gasteiger partial charge in [-0.3, -0.25) is 19.2 Å². The molecule has 4 rings (SSSR count). The smallest absolute Gasteiger partial charge is 0.268 e. The van der Waals surface area contributed by atoms with Crippen molar-refractivity contribution in [2.45, 2.75) is 50.6 Å². The average Bonchev–Trinajstić information content (AvgIpc) is 3.49. The van der Waals surface area contributed by atoms with Crippen molar-refractivity contribution < 1.29 is 19.2 Å². The fraction of sp³-hybridized carbons (Fsp3) is 0.478. The van der Waals surface area contributed by atoms with Gasteiger partial charge in [0.25, 0.3) is 5.91 Å². The minimum absolute atomic E-state index is 0.136. The van der Waals surface area contributed by atoms with Crippen molar-refractivity contribution >= 4 is 46.1 Å². The van der Waals surface area contributed by atoms with Gasteiger partial charge in [0.05, 0.1) is 0 Å². The number of carbonyl (C=O) groups is 4. The Morgan fingerprint density at radius 3 is 2.58 bits per heavy atom. The molecule has 10 heteroatoms. The molecule has 4 amide bonds. The highest BCUT2D eigenvalue weighted by Gasteiger charge is 2.34. The number of benzene rings is 1. The van der Waals surface area contributed by atoms with Crippen molar-refractivity contribution in [1.82, 2.24) is 20.9 Å². The fourth-order valence-electron chi connectivity index (χ4n) is 4.24. The van der Waals surface area contributed by atoms with Crippen LogP contribution in [0.1, 0.15) is 49.0 Å². The van der Waals surface area contributed by atoms with Crippen LogP contribution in [0.3, 0.4) is 0 Å². The van der Waals surface area contributed by atoms with Crippen LogP contribution in [0.5, 0.6) is 0 Å². The highest BCUT2D eigenvalue weighted by Crippen LogP contribution is 2.33. The number of carbonyl (C=O) groups excluding carboxylic acids is 4. The molecule has 0 unspecified atom stereocenters. The summed E-state index contributed by atoms with van der Waals surface area (Å²) in [6, 6.07) is 5.12. The number of H-pyrrole nitrogens is 1. The molecule has 2 heterocycles. The predicted octanol–water partition coefficient (Wildman–Crippen LogP) is 1.61. The lowest BCUT2D eigenvalue weighted by molar-refractivity contribution is -0.131. The SMILES string of the molecule is NC(=O)[C@H](C[C@@H]1CCCNC1=O)NC(=O)[C@H](CC1CC1)NC(=O)c1cc2cc(Cl)ccc2[nH]1. The van der Waals surface area contributed by atoms with E-state index in [0.29, 0.717) is 36.0 Å². The standard InChI is InChI=1S/C23H28ClN5O4/c24-15-5-6-16-14(9-15)11-19(27-16)23(33)29-18(8-12-3-4-12)22(32)28-17(20(25)30)10-13-2-1-7-26-21(13)31/h5-6,9,11-13,17-18,27H,1-4,7-8,10H2,(H2,25,30)(H,26,31)(H,28,32)(H,29,33)/t13-,17-,18-/m0/s1. The van der Waals surface area contributed by atoms with E-state index in [-0.39, 0.29) is 18.2 Å². The Hall–Kier alpha value is -3.07. The fourth-order valence-corrected chi connectivity index (χ4v) is 4.42. The number of aromatic nitrogens is 1. The molecule has 2 aliphatic rings. The third kappa shape index (κ3) is 5.84. The average molecular weight is 474 g/mol. The summed E-state index contributed by atoms with van der Waals surface area (Å²) in [5.74, 6) is -1.78. The molecule has 6 N–H and O–H groups in total. The molecule has 33 heavy (non-hydrogen) atoms. The van der Waals surface area contributed by atoms with Gasteiger partial charge in [-0.2, -0.15) is 0 Å². The van der Waals surface area contributed by atoms with E-state index < -0.39 is 29.8 Å². The number of hydrogen-bond acceptors (Lipinski definition) is 4. The molecule has 0 bridgehead atoms. The van der Waals surface area contributed by atoms with Crippen LogP contribution in [0.15, 0.2) is 24.3 Å². The Labute approximate surface area is 196 Å². The first-order valence-corrected chi connectivity index (χ1v) is 11.6. The van der Waals surface area contributed by atoms with Gasteiger partial charge in [0.2, 0.25) is 17.7 Å². The van der Waals surface area contributed by atoms with Crippen molar-refractivity contribution in [1.29, 1.82) is 0 Å². The molecule has 1 saturated carbocycles. The van der Waals surface area contributed by atoms with Gasteiger partial charge in [-0.1, -0.05) is 24.4 Å². The van der Waals surface area contributed by atoms with Crippen LogP contribution < -0.4 is 21.7 Å². The van der Waals surface area contributed by atoms with Crippen LogP contribution in [-0.2, 0) is 14.4 Å². The summed E-state index contributed by atoms with van der Waals surface area (Å²) in [4.78, 5) is 53.1. The van der Waals surface area contributed by atoms with Crippen molar-refractivity contribution in [2.24, 2.45) is 17.6 Å². The molecule has 1 aliphatic carbocycles. The van der Waals surface area contributed by atoms with E-state index in [9.17, 15) is 19.2 Å². The number of rotatable bonds is 9. The second kappa shape index (κ2) is 9.82. The number of aromatic amines is 1. The summed E-state index contributed by atoms with van der Waals surface area (Å²) >= 11 is 6.02. The summed E-state index contributed by atoms with van der Waals surface area (Å²) in [6.45, 7) is 0.610. The molecule has 1 aliphatic heterocycles. The third-order valence-electron chi connectivity index (χ3n) is 6.29. The van der Waals surface area contributed by atoms with E-state index in [2.05, 4.69) is 20.9 Å². The van der Waals surface area contributed by atoms with Crippen LogP contribution in [0.4, 0.5) is 0 Å². The summed E-state index contributed by atoms with van der Waals surface area (Å²) in [5.41, 5.74) is 6.59. The van der Waals surface area contributed by atoms with Gasteiger partial charge in [0, 0.05) is 28.4 Å². The topological polar surface area (TPSA) is 146 Å². The number of hydrogen-bond donors (Lipinski definition) is 5. The first-order chi connectivity index (χ1) is 15.8. The molecular weight excluding hydrogens is 446 g/mol. The number of halogens is 1. The molecular formula is C23H28ClN5O4. The zero-order valence-electron chi connectivity index (χ0n) is 18.2. The van der Waals surface area contributed by atoms with E-state index in [4.69, 9.17) is 17.3 Å². The van der Waals surface area contributed by atoms with E-state index in [1.807, 2.05) is 0 Å². The van der Waals surface area contributed by atoms with Gasteiger partial charge < -0.3 is 26.7 Å². The molecule has 1 aromatic carbocycles.